The number of piperidine rings is 1. The Balaban J connectivity index is 0.000000810. The van der Waals surface area contributed by atoms with Crippen molar-refractivity contribution in [2.75, 3.05) is 13.1 Å². The number of rotatable bonds is 0. The third-order valence-corrected chi connectivity index (χ3v) is 1.67. The van der Waals surface area contributed by atoms with E-state index in [4.69, 9.17) is 5.73 Å². The van der Waals surface area contributed by atoms with Crippen molar-refractivity contribution in [1.82, 2.24) is 4.90 Å². The number of carbonyl (C=O) groups excluding carboxylic acids is 1. The van der Waals surface area contributed by atoms with Gasteiger partial charge in [-0.15, -0.1) is 0 Å². The Kier molecular flexibility index (Phi) is 5.13. The van der Waals surface area contributed by atoms with E-state index in [1.165, 1.54) is 6.42 Å². The maximum absolute atomic E-state index is 10.5. The van der Waals surface area contributed by atoms with Crippen LogP contribution >= 0.6 is 0 Å². The molecule has 54 valence electrons. The normalized spacial score (nSPS) is 17.8. The Hall–Kier alpha value is 0.270. The Bertz CT molecular complexity index is 112. The van der Waals surface area contributed by atoms with Crippen molar-refractivity contribution in [2.24, 2.45) is 5.73 Å². The van der Waals surface area contributed by atoms with Gasteiger partial charge in [-0.2, -0.15) is 0 Å². The molecule has 4 heteroatoms. The average molecular weight is 152 g/mol. The Morgan fingerprint density at radius 1 is 1.20 bits per heavy atom. The summed E-state index contributed by atoms with van der Waals surface area (Å²) in [7, 11) is 0. The second-order valence-electron chi connectivity index (χ2n) is 2.39. The van der Waals surface area contributed by atoms with Crippen LogP contribution in [-0.4, -0.2) is 53.6 Å². The van der Waals surface area contributed by atoms with Crippen LogP contribution in [0.3, 0.4) is 0 Å². The summed E-state index contributed by atoms with van der Waals surface area (Å²) in [6.45, 7) is 1.71. The molecular weight excluding hydrogens is 139 g/mol. The number of nitrogens with zero attached hydrogens (tertiary/aromatic N) is 1. The number of amides is 2. The summed E-state index contributed by atoms with van der Waals surface area (Å²) in [5, 5.41) is 0. The van der Waals surface area contributed by atoms with Gasteiger partial charge in [0.15, 0.2) is 0 Å². The van der Waals surface area contributed by atoms with Gasteiger partial charge < -0.3 is 10.6 Å². The van der Waals surface area contributed by atoms with Crippen LogP contribution in [0.1, 0.15) is 19.3 Å². The maximum atomic E-state index is 10.5. The van der Waals surface area contributed by atoms with E-state index in [1.807, 2.05) is 0 Å². The molecule has 3 nitrogen and oxygen atoms in total. The van der Waals surface area contributed by atoms with Crippen LogP contribution < -0.4 is 5.73 Å². The van der Waals surface area contributed by atoms with Crippen molar-refractivity contribution in [3.63, 3.8) is 0 Å². The van der Waals surface area contributed by atoms with Crippen LogP contribution in [-0.2, 0) is 0 Å². The van der Waals surface area contributed by atoms with Gasteiger partial charge in [0.2, 0.25) is 0 Å². The summed E-state index contributed by atoms with van der Waals surface area (Å²) in [5.74, 6) is 0. The number of urea groups is 1. The molecule has 0 unspecified atom stereocenters. The van der Waals surface area contributed by atoms with E-state index in [9.17, 15) is 4.79 Å². The summed E-state index contributed by atoms with van der Waals surface area (Å²) in [6, 6.07) is -0.269. The topological polar surface area (TPSA) is 46.3 Å². The summed E-state index contributed by atoms with van der Waals surface area (Å²) in [4.78, 5) is 12.2. The monoisotopic (exact) mass is 152 g/mol. The SMILES string of the molecule is NC(=O)N1CCCCC1.[NaH]. The summed E-state index contributed by atoms with van der Waals surface area (Å²) in [6.07, 6.45) is 3.47. The van der Waals surface area contributed by atoms with Crippen molar-refractivity contribution in [3.05, 3.63) is 0 Å². The van der Waals surface area contributed by atoms with Crippen LogP contribution in [0.5, 0.6) is 0 Å². The fourth-order valence-corrected chi connectivity index (χ4v) is 1.11. The van der Waals surface area contributed by atoms with Crippen molar-refractivity contribution in [3.8, 4) is 0 Å². The average Bonchev–Trinajstić information content (AvgIpc) is 1.90. The quantitative estimate of drug-likeness (QED) is 0.484. The molecule has 0 atom stereocenters. The fourth-order valence-electron chi connectivity index (χ4n) is 1.11. The van der Waals surface area contributed by atoms with Crippen LogP contribution in [0, 0.1) is 0 Å². The van der Waals surface area contributed by atoms with Crippen LogP contribution in [0.4, 0.5) is 4.79 Å². The van der Waals surface area contributed by atoms with Gasteiger partial charge in [0.05, 0.1) is 0 Å². The van der Waals surface area contributed by atoms with E-state index in [2.05, 4.69) is 0 Å². The van der Waals surface area contributed by atoms with Crippen molar-refractivity contribution in [1.29, 1.82) is 0 Å². The molecule has 0 bridgehead atoms. The summed E-state index contributed by atoms with van der Waals surface area (Å²) < 4.78 is 0. The standard InChI is InChI=1S/C6H12N2O.Na.H/c7-6(9)8-4-2-1-3-5-8;;/h1-5H2,(H2,7,9);;. The molecule has 0 aromatic rings. The van der Waals surface area contributed by atoms with Gasteiger partial charge in [-0.3, -0.25) is 0 Å². The van der Waals surface area contributed by atoms with Crippen LogP contribution in [0.15, 0.2) is 0 Å². The summed E-state index contributed by atoms with van der Waals surface area (Å²) in [5.41, 5.74) is 5.05. The fraction of sp³-hybridized carbons (Fsp3) is 0.833. The second-order valence-corrected chi connectivity index (χ2v) is 2.39. The van der Waals surface area contributed by atoms with E-state index in [-0.39, 0.29) is 35.6 Å². The van der Waals surface area contributed by atoms with E-state index < -0.39 is 0 Å². The first-order valence-electron chi connectivity index (χ1n) is 3.35. The van der Waals surface area contributed by atoms with E-state index in [1.54, 1.807) is 4.90 Å². The van der Waals surface area contributed by atoms with Crippen molar-refractivity contribution < 1.29 is 4.79 Å². The number of nitrogens with two attached hydrogens (primary N) is 1. The molecule has 10 heavy (non-hydrogen) atoms. The molecule has 1 fully saturated rings. The number of carbonyl (C=O) groups is 1. The summed E-state index contributed by atoms with van der Waals surface area (Å²) >= 11 is 0. The minimum atomic E-state index is -0.269. The molecule has 1 aliphatic rings. The zero-order valence-corrected chi connectivity index (χ0v) is 5.47. The predicted octanol–water partition coefficient (Wildman–Crippen LogP) is -0.0975. The molecule has 1 heterocycles. The molecule has 0 aromatic heterocycles. The molecule has 0 saturated carbocycles. The van der Waals surface area contributed by atoms with Crippen molar-refractivity contribution in [2.45, 2.75) is 19.3 Å². The Morgan fingerprint density at radius 3 is 2.00 bits per heavy atom. The third-order valence-electron chi connectivity index (χ3n) is 1.67. The zero-order valence-electron chi connectivity index (χ0n) is 5.47. The van der Waals surface area contributed by atoms with E-state index in [0.29, 0.717) is 0 Å². The number of hydrogen-bond acceptors (Lipinski definition) is 1. The first kappa shape index (κ1) is 10.3. The van der Waals surface area contributed by atoms with Gasteiger partial charge in [0, 0.05) is 13.1 Å². The molecule has 1 rings (SSSR count). The Labute approximate surface area is 83.2 Å². The molecule has 0 spiro atoms. The van der Waals surface area contributed by atoms with E-state index >= 15 is 0 Å². The molecule has 2 N–H and O–H groups in total. The van der Waals surface area contributed by atoms with Gasteiger partial charge >= 0.3 is 35.6 Å². The third kappa shape index (κ3) is 2.90. The molecule has 2 amide bonds. The number of primary amides is 1. The molecule has 1 aliphatic heterocycles. The van der Waals surface area contributed by atoms with E-state index in [0.717, 1.165) is 25.9 Å². The molecule has 0 radical (unpaired) electrons. The Morgan fingerprint density at radius 2 is 1.70 bits per heavy atom. The van der Waals surface area contributed by atoms with Gasteiger partial charge in [0.1, 0.15) is 0 Å². The molecule has 0 aliphatic carbocycles. The van der Waals surface area contributed by atoms with Crippen molar-refractivity contribution >= 4 is 35.6 Å². The van der Waals surface area contributed by atoms with Gasteiger partial charge in [-0.1, -0.05) is 0 Å². The molecular formula is C6H13N2NaO. The zero-order chi connectivity index (χ0) is 6.69. The number of hydrogen-bond donors (Lipinski definition) is 1. The second kappa shape index (κ2) is 4.99. The number of likely N-dealkylation sites (tertiary alicyclic amines) is 1. The van der Waals surface area contributed by atoms with Gasteiger partial charge in [-0.25, -0.2) is 4.79 Å². The van der Waals surface area contributed by atoms with Gasteiger partial charge in [0.25, 0.3) is 0 Å². The minimum absolute atomic E-state index is 0. The predicted molar refractivity (Wildman–Crippen MR) is 42.2 cm³/mol. The first-order valence-corrected chi connectivity index (χ1v) is 3.35. The van der Waals surface area contributed by atoms with Gasteiger partial charge in [-0.05, 0) is 19.3 Å². The molecule has 0 aromatic carbocycles. The molecule has 1 saturated heterocycles. The van der Waals surface area contributed by atoms with Crippen LogP contribution in [0.2, 0.25) is 0 Å². The first-order chi connectivity index (χ1) is 4.30. The van der Waals surface area contributed by atoms with Crippen LogP contribution in [0.25, 0.3) is 0 Å².